The number of carboxylic acids is 1. The van der Waals surface area contributed by atoms with Crippen LogP contribution >= 0.6 is 0 Å². The highest BCUT2D eigenvalue weighted by Gasteiger charge is 2.17. The van der Waals surface area contributed by atoms with E-state index in [0.29, 0.717) is 6.42 Å². The second-order valence-electron chi connectivity index (χ2n) is 5.08. The molecule has 4 nitrogen and oxygen atoms in total. The van der Waals surface area contributed by atoms with Crippen molar-refractivity contribution >= 4 is 11.7 Å². The minimum atomic E-state index is -0.851. The molecule has 0 saturated heterocycles. The molecular weight excluding hydrogens is 266 g/mol. The third kappa shape index (κ3) is 4.24. The van der Waals surface area contributed by atoms with Crippen molar-refractivity contribution in [2.24, 2.45) is 0 Å². The van der Waals surface area contributed by atoms with E-state index in [4.69, 9.17) is 5.11 Å². The van der Waals surface area contributed by atoms with Gasteiger partial charge >= 0.3 is 5.97 Å². The number of anilines is 1. The van der Waals surface area contributed by atoms with Gasteiger partial charge in [-0.3, -0.25) is 4.79 Å². The second kappa shape index (κ2) is 6.79. The molecule has 2 rings (SSSR count). The van der Waals surface area contributed by atoms with Gasteiger partial charge in [-0.15, -0.1) is 0 Å². The Labute approximate surface area is 124 Å². The van der Waals surface area contributed by atoms with Gasteiger partial charge in [-0.2, -0.15) is 0 Å². The molecule has 2 aromatic carbocycles. The zero-order valence-electron chi connectivity index (χ0n) is 11.9. The van der Waals surface area contributed by atoms with Crippen molar-refractivity contribution < 1.29 is 15.0 Å². The molecule has 0 aliphatic carbocycles. The Morgan fingerprint density at radius 3 is 2.29 bits per heavy atom. The fourth-order valence-electron chi connectivity index (χ4n) is 2.35. The molecule has 110 valence electrons. The van der Waals surface area contributed by atoms with E-state index in [-0.39, 0.29) is 18.3 Å². The largest absolute Gasteiger partial charge is 0.508 e. The van der Waals surface area contributed by atoms with Crippen LogP contribution in [0.3, 0.4) is 0 Å². The normalized spacial score (nSPS) is 11.9. The highest BCUT2D eigenvalue weighted by Crippen LogP contribution is 2.19. The zero-order chi connectivity index (χ0) is 15.2. The predicted octanol–water partition coefficient (Wildman–Crippen LogP) is 2.91. The molecule has 0 radical (unpaired) electrons. The van der Waals surface area contributed by atoms with Gasteiger partial charge in [0.05, 0.1) is 0 Å². The molecule has 1 atom stereocenters. The lowest BCUT2D eigenvalue weighted by Crippen LogP contribution is -2.38. The molecule has 1 unspecified atom stereocenters. The molecule has 4 heteroatoms. The van der Waals surface area contributed by atoms with E-state index >= 15 is 0 Å². The van der Waals surface area contributed by atoms with Crippen LogP contribution in [0.25, 0.3) is 0 Å². The van der Waals surface area contributed by atoms with Crippen molar-refractivity contribution in [2.75, 3.05) is 11.4 Å². The van der Waals surface area contributed by atoms with Gasteiger partial charge in [0, 0.05) is 11.7 Å². The summed E-state index contributed by atoms with van der Waals surface area (Å²) in [5.41, 5.74) is 1.96. The van der Waals surface area contributed by atoms with E-state index in [1.807, 2.05) is 54.3 Å². The minimum Gasteiger partial charge on any atom is -0.508 e. The number of para-hydroxylation sites is 1. The topological polar surface area (TPSA) is 60.8 Å². The van der Waals surface area contributed by atoms with Gasteiger partial charge in [0.2, 0.25) is 0 Å². The van der Waals surface area contributed by atoms with Crippen LogP contribution in [0, 0.1) is 0 Å². The van der Waals surface area contributed by atoms with Gasteiger partial charge in [-0.25, -0.2) is 0 Å². The number of aliphatic carboxylic acids is 1. The molecule has 0 saturated carbocycles. The summed E-state index contributed by atoms with van der Waals surface area (Å²) >= 11 is 0. The van der Waals surface area contributed by atoms with Gasteiger partial charge < -0.3 is 15.1 Å². The van der Waals surface area contributed by atoms with Gasteiger partial charge in [-0.05, 0) is 43.2 Å². The molecule has 2 N–H and O–H groups in total. The molecule has 0 amide bonds. The van der Waals surface area contributed by atoms with E-state index in [2.05, 4.69) is 0 Å². The van der Waals surface area contributed by atoms with Gasteiger partial charge in [0.1, 0.15) is 12.3 Å². The van der Waals surface area contributed by atoms with Crippen LogP contribution < -0.4 is 4.90 Å². The highest BCUT2D eigenvalue weighted by atomic mass is 16.4. The summed E-state index contributed by atoms with van der Waals surface area (Å²) in [4.78, 5) is 13.0. The summed E-state index contributed by atoms with van der Waals surface area (Å²) < 4.78 is 0. The van der Waals surface area contributed by atoms with Crippen LogP contribution in [0.4, 0.5) is 5.69 Å². The second-order valence-corrected chi connectivity index (χ2v) is 5.08. The lowest BCUT2D eigenvalue weighted by atomic mass is 10.0. The first-order chi connectivity index (χ1) is 10.1. The minimum absolute atomic E-state index is 0.0352. The molecular formula is C17H19NO3. The average molecular weight is 285 g/mol. The fraction of sp³-hybridized carbons (Fsp3) is 0.235. The van der Waals surface area contributed by atoms with E-state index in [9.17, 15) is 9.90 Å². The van der Waals surface area contributed by atoms with Gasteiger partial charge in [0.15, 0.2) is 0 Å². The Hall–Kier alpha value is -2.49. The zero-order valence-corrected chi connectivity index (χ0v) is 11.9. The van der Waals surface area contributed by atoms with E-state index in [0.717, 1.165) is 11.3 Å². The highest BCUT2D eigenvalue weighted by molar-refractivity contribution is 5.74. The Balaban J connectivity index is 2.16. The first-order valence-corrected chi connectivity index (χ1v) is 6.87. The van der Waals surface area contributed by atoms with Crippen molar-refractivity contribution in [1.82, 2.24) is 0 Å². The SMILES string of the molecule is CC(Cc1ccc(O)cc1)N(CC(=O)O)c1ccccc1. The lowest BCUT2D eigenvalue weighted by Gasteiger charge is -2.30. The molecule has 0 aliphatic heterocycles. The molecule has 0 spiro atoms. The van der Waals surface area contributed by atoms with Crippen molar-refractivity contribution in [3.05, 3.63) is 60.2 Å². The van der Waals surface area contributed by atoms with Crippen LogP contribution in [0.5, 0.6) is 5.75 Å². The first-order valence-electron chi connectivity index (χ1n) is 6.87. The Bertz CT molecular complexity index is 581. The first kappa shape index (κ1) is 14.9. The van der Waals surface area contributed by atoms with Crippen molar-refractivity contribution in [3.63, 3.8) is 0 Å². The molecule has 21 heavy (non-hydrogen) atoms. The summed E-state index contributed by atoms with van der Waals surface area (Å²) in [6.07, 6.45) is 0.711. The Kier molecular flexibility index (Phi) is 4.82. The van der Waals surface area contributed by atoms with Crippen LogP contribution in [0.2, 0.25) is 0 Å². The quantitative estimate of drug-likeness (QED) is 0.856. The Morgan fingerprint density at radius 2 is 1.71 bits per heavy atom. The van der Waals surface area contributed by atoms with Gasteiger partial charge in [0.25, 0.3) is 0 Å². The molecule has 0 aliphatic rings. The van der Waals surface area contributed by atoms with Crippen LogP contribution in [-0.2, 0) is 11.2 Å². The average Bonchev–Trinajstić information content (AvgIpc) is 2.48. The van der Waals surface area contributed by atoms with Crippen LogP contribution in [0.1, 0.15) is 12.5 Å². The Morgan fingerprint density at radius 1 is 1.10 bits per heavy atom. The maximum absolute atomic E-state index is 11.1. The molecule has 0 heterocycles. The molecule has 2 aromatic rings. The smallest absolute Gasteiger partial charge is 0.323 e. The van der Waals surface area contributed by atoms with Crippen LogP contribution in [0.15, 0.2) is 54.6 Å². The van der Waals surface area contributed by atoms with Crippen molar-refractivity contribution in [3.8, 4) is 5.75 Å². The van der Waals surface area contributed by atoms with Crippen LogP contribution in [-0.4, -0.2) is 28.8 Å². The van der Waals surface area contributed by atoms with E-state index in [1.54, 1.807) is 12.1 Å². The third-order valence-electron chi connectivity index (χ3n) is 3.39. The predicted molar refractivity (Wildman–Crippen MR) is 82.7 cm³/mol. The maximum atomic E-state index is 11.1. The molecule has 0 bridgehead atoms. The van der Waals surface area contributed by atoms with E-state index in [1.165, 1.54) is 0 Å². The molecule has 0 aromatic heterocycles. The number of carboxylic acid groups (broad SMARTS) is 1. The van der Waals surface area contributed by atoms with Crippen molar-refractivity contribution in [1.29, 1.82) is 0 Å². The van der Waals surface area contributed by atoms with E-state index < -0.39 is 5.97 Å². The van der Waals surface area contributed by atoms with Gasteiger partial charge in [-0.1, -0.05) is 30.3 Å². The van der Waals surface area contributed by atoms with Crippen molar-refractivity contribution in [2.45, 2.75) is 19.4 Å². The number of rotatable bonds is 6. The number of phenolic OH excluding ortho intramolecular Hbond substituents is 1. The number of carbonyl (C=O) groups is 1. The monoisotopic (exact) mass is 285 g/mol. The number of hydrogen-bond donors (Lipinski definition) is 2. The maximum Gasteiger partial charge on any atom is 0.323 e. The number of hydrogen-bond acceptors (Lipinski definition) is 3. The third-order valence-corrected chi connectivity index (χ3v) is 3.39. The summed E-state index contributed by atoms with van der Waals surface area (Å²) in [5, 5.41) is 18.4. The molecule has 0 fully saturated rings. The standard InChI is InChI=1S/C17H19NO3/c1-13(11-14-7-9-16(19)10-8-14)18(12-17(20)21)15-5-3-2-4-6-15/h2-10,13,19H,11-12H2,1H3,(H,20,21). The summed E-state index contributed by atoms with van der Waals surface area (Å²) in [5.74, 6) is -0.617. The lowest BCUT2D eigenvalue weighted by molar-refractivity contribution is -0.135. The summed E-state index contributed by atoms with van der Waals surface area (Å²) in [6.45, 7) is 1.96. The number of phenols is 1. The number of benzene rings is 2. The number of aromatic hydroxyl groups is 1. The fourth-order valence-corrected chi connectivity index (χ4v) is 2.35. The summed E-state index contributed by atoms with van der Waals surface area (Å²) in [7, 11) is 0. The summed E-state index contributed by atoms with van der Waals surface area (Å²) in [6, 6.07) is 16.6. The number of nitrogens with zero attached hydrogens (tertiary/aromatic N) is 1.